The Morgan fingerprint density at radius 2 is 1.95 bits per heavy atom. The number of hydrogen-bond acceptors (Lipinski definition) is 3. The normalized spacial score (nSPS) is 17.7. The number of piperidine rings is 1. The van der Waals surface area contributed by atoms with Gasteiger partial charge in [-0.25, -0.2) is 5.01 Å². The van der Waals surface area contributed by atoms with Crippen LogP contribution < -0.4 is 5.43 Å². The number of carbonyl (C=O) groups is 1. The van der Waals surface area contributed by atoms with E-state index in [-0.39, 0.29) is 6.10 Å². The van der Waals surface area contributed by atoms with Crippen LogP contribution in [-0.4, -0.2) is 34.9 Å². The van der Waals surface area contributed by atoms with Gasteiger partial charge >= 0.3 is 10.7 Å². The lowest BCUT2D eigenvalue weighted by Crippen LogP contribution is -2.51. The van der Waals surface area contributed by atoms with E-state index < -0.39 is 10.7 Å². The number of hydrogen-bond donors (Lipinski definition) is 1. The molecule has 0 atom stereocenters. The molecule has 0 aliphatic carbocycles. The summed E-state index contributed by atoms with van der Waals surface area (Å²) >= 11 is 2.04. The highest BCUT2D eigenvalue weighted by molar-refractivity contribution is 9.10. The molecule has 0 saturated carbocycles. The van der Waals surface area contributed by atoms with Gasteiger partial charge in [0.25, 0.3) is 0 Å². The third-order valence-electron chi connectivity index (χ3n) is 3.29. The zero-order valence-corrected chi connectivity index (χ0v) is 13.0. The van der Waals surface area contributed by atoms with Crippen LogP contribution in [0.3, 0.4) is 0 Å². The third kappa shape index (κ3) is 5.33. The van der Waals surface area contributed by atoms with Crippen LogP contribution in [0.5, 0.6) is 0 Å². The number of alkyl halides is 3. The Kier molecular flexibility index (Phi) is 5.66. The van der Waals surface area contributed by atoms with Crippen molar-refractivity contribution in [3.63, 3.8) is 0 Å². The van der Waals surface area contributed by atoms with Crippen molar-refractivity contribution in [1.29, 1.82) is 0 Å². The number of amides is 1. The van der Waals surface area contributed by atoms with Crippen molar-refractivity contribution < 1.29 is 18.3 Å². The lowest BCUT2D eigenvalue weighted by atomic mass is 10.1. The zero-order chi connectivity index (χ0) is 15.3. The minimum atomic E-state index is -3.53. The quantitative estimate of drug-likeness (QED) is 0.818. The van der Waals surface area contributed by atoms with Crippen molar-refractivity contribution in [3.8, 4) is 0 Å². The van der Waals surface area contributed by atoms with E-state index in [1.807, 2.05) is 46.3 Å². The summed E-state index contributed by atoms with van der Waals surface area (Å²) in [5.74, 6) is -1.34. The number of carbonyl (C=O) groups excluding carboxylic acids is 1. The van der Waals surface area contributed by atoms with E-state index in [1.165, 1.54) is 5.01 Å². The first kappa shape index (κ1) is 16.3. The molecule has 21 heavy (non-hydrogen) atoms. The predicted octanol–water partition coefficient (Wildman–Crippen LogP) is 2.69. The molecule has 1 amide bonds. The Morgan fingerprint density at radius 3 is 2.52 bits per heavy atom. The average molecular weight is 363 g/mol. The minimum Gasteiger partial charge on any atom is -0.373 e. The number of benzene rings is 1. The van der Waals surface area contributed by atoms with Gasteiger partial charge in [-0.3, -0.25) is 10.2 Å². The van der Waals surface area contributed by atoms with Gasteiger partial charge in [0.05, 0.1) is 12.7 Å². The van der Waals surface area contributed by atoms with Gasteiger partial charge in [0, 0.05) is 29.0 Å². The second-order valence-electron chi connectivity index (χ2n) is 4.92. The largest absolute Gasteiger partial charge is 0.379 e. The summed E-state index contributed by atoms with van der Waals surface area (Å²) in [5.41, 5.74) is 3.30. The molecule has 0 bridgehead atoms. The molecule has 0 unspecified atom stereocenters. The molecule has 1 heterocycles. The monoisotopic (exact) mass is 362 g/mol. The van der Waals surface area contributed by atoms with Crippen LogP contribution in [-0.2, 0) is 16.1 Å². The van der Waals surface area contributed by atoms with E-state index in [4.69, 9.17) is 4.74 Å². The molecule has 1 aromatic carbocycles. The smallest absolute Gasteiger partial charge is 0.373 e. The molecule has 0 spiro atoms. The van der Waals surface area contributed by atoms with Crippen LogP contribution in [0.4, 0.5) is 8.78 Å². The van der Waals surface area contributed by atoms with Crippen molar-refractivity contribution in [2.75, 3.05) is 13.1 Å². The van der Waals surface area contributed by atoms with Gasteiger partial charge in [-0.15, -0.1) is 0 Å². The molecule has 2 rings (SSSR count). The summed E-state index contributed by atoms with van der Waals surface area (Å²) in [4.78, 5) is 7.61. The number of nitrogens with zero attached hydrogens (tertiary/aromatic N) is 1. The summed E-state index contributed by atoms with van der Waals surface area (Å²) in [5, 5.41) is 1.50. The molecule has 1 fully saturated rings. The standard InChI is InChI=1S/C14H17BrF2N2O2/c15-14(16,17)13(20)18-19-8-6-12(7-9-19)21-10-11-4-2-1-3-5-11/h1-5,12H,6-10H2,(H,18,20). The van der Waals surface area contributed by atoms with Gasteiger partial charge in [0.15, 0.2) is 0 Å². The highest BCUT2D eigenvalue weighted by Gasteiger charge is 2.36. The second kappa shape index (κ2) is 7.29. The molecule has 1 N–H and O–H groups in total. The molecule has 7 heteroatoms. The van der Waals surface area contributed by atoms with E-state index >= 15 is 0 Å². The van der Waals surface area contributed by atoms with Gasteiger partial charge < -0.3 is 4.74 Å². The molecule has 0 aromatic heterocycles. The van der Waals surface area contributed by atoms with Crippen LogP contribution in [0.15, 0.2) is 30.3 Å². The maximum absolute atomic E-state index is 12.7. The Labute approximate surface area is 130 Å². The number of ether oxygens (including phenoxy) is 1. The van der Waals surface area contributed by atoms with Crippen molar-refractivity contribution in [1.82, 2.24) is 10.4 Å². The average Bonchev–Trinajstić information content (AvgIpc) is 2.46. The summed E-state index contributed by atoms with van der Waals surface area (Å²) < 4.78 is 31.2. The first-order chi connectivity index (χ1) is 9.95. The third-order valence-corrected chi connectivity index (χ3v) is 3.65. The maximum atomic E-state index is 12.7. The number of nitrogens with one attached hydrogen (secondary N) is 1. The van der Waals surface area contributed by atoms with Crippen molar-refractivity contribution in [2.24, 2.45) is 0 Å². The van der Waals surface area contributed by atoms with E-state index in [2.05, 4.69) is 5.43 Å². The minimum absolute atomic E-state index is 0.0860. The summed E-state index contributed by atoms with van der Waals surface area (Å²) in [6, 6.07) is 9.85. The summed E-state index contributed by atoms with van der Waals surface area (Å²) in [7, 11) is 0. The number of halogens is 3. The number of hydrazine groups is 1. The van der Waals surface area contributed by atoms with Gasteiger partial charge in [0.2, 0.25) is 0 Å². The van der Waals surface area contributed by atoms with Crippen LogP contribution in [0, 0.1) is 0 Å². The topological polar surface area (TPSA) is 41.6 Å². The molecule has 116 valence electrons. The Hall–Kier alpha value is -1.05. The van der Waals surface area contributed by atoms with Gasteiger partial charge in [-0.05, 0) is 18.4 Å². The first-order valence-electron chi connectivity index (χ1n) is 6.73. The van der Waals surface area contributed by atoms with Crippen LogP contribution in [0.25, 0.3) is 0 Å². The lowest BCUT2D eigenvalue weighted by Gasteiger charge is -2.32. The molecule has 1 aliphatic rings. The Balaban J connectivity index is 1.70. The fourth-order valence-corrected chi connectivity index (χ4v) is 2.22. The fraction of sp³-hybridized carbons (Fsp3) is 0.500. The fourth-order valence-electron chi connectivity index (χ4n) is 2.13. The van der Waals surface area contributed by atoms with E-state index in [9.17, 15) is 13.6 Å². The van der Waals surface area contributed by atoms with Crippen molar-refractivity contribution in [3.05, 3.63) is 35.9 Å². The van der Waals surface area contributed by atoms with Crippen molar-refractivity contribution in [2.45, 2.75) is 30.4 Å². The highest BCUT2D eigenvalue weighted by Crippen LogP contribution is 2.22. The van der Waals surface area contributed by atoms with Crippen LogP contribution in [0.1, 0.15) is 18.4 Å². The van der Waals surface area contributed by atoms with E-state index in [1.54, 1.807) is 0 Å². The highest BCUT2D eigenvalue weighted by atomic mass is 79.9. The van der Waals surface area contributed by atoms with Gasteiger partial charge in [-0.2, -0.15) is 8.78 Å². The Morgan fingerprint density at radius 1 is 1.33 bits per heavy atom. The summed E-state index contributed by atoms with van der Waals surface area (Å²) in [6.45, 7) is 1.53. The SMILES string of the molecule is O=C(NN1CCC(OCc2ccccc2)CC1)C(F)(F)Br. The van der Waals surface area contributed by atoms with Gasteiger partial charge in [0.1, 0.15) is 0 Å². The molecular formula is C14H17BrF2N2O2. The van der Waals surface area contributed by atoms with Crippen LogP contribution >= 0.6 is 15.9 Å². The zero-order valence-electron chi connectivity index (χ0n) is 11.4. The maximum Gasteiger partial charge on any atom is 0.379 e. The Bertz CT molecular complexity index is 460. The predicted molar refractivity (Wildman–Crippen MR) is 77.8 cm³/mol. The number of rotatable bonds is 5. The van der Waals surface area contributed by atoms with E-state index in [0.29, 0.717) is 32.5 Å². The lowest BCUT2D eigenvalue weighted by molar-refractivity contribution is -0.141. The van der Waals surface area contributed by atoms with Gasteiger partial charge in [-0.1, -0.05) is 30.3 Å². The second-order valence-corrected chi connectivity index (χ2v) is 5.92. The molecule has 1 aromatic rings. The summed E-state index contributed by atoms with van der Waals surface area (Å²) in [6.07, 6.45) is 1.48. The molecule has 1 saturated heterocycles. The molecule has 1 aliphatic heterocycles. The molecular weight excluding hydrogens is 346 g/mol. The van der Waals surface area contributed by atoms with Crippen molar-refractivity contribution >= 4 is 21.8 Å². The van der Waals surface area contributed by atoms with Crippen LogP contribution in [0.2, 0.25) is 0 Å². The molecule has 4 nitrogen and oxygen atoms in total. The first-order valence-corrected chi connectivity index (χ1v) is 7.53. The molecule has 0 radical (unpaired) electrons. The van der Waals surface area contributed by atoms with E-state index in [0.717, 1.165) is 5.56 Å².